The Labute approximate surface area is 86.4 Å². The molecule has 0 aliphatic carbocycles. The molecule has 5 heteroatoms. The lowest BCUT2D eigenvalue weighted by molar-refractivity contribution is 0.263. The molecule has 2 atom stereocenters. The minimum absolute atomic E-state index is 0.0144. The molecule has 0 spiro atoms. The quantitative estimate of drug-likeness (QED) is 0.480. The first-order chi connectivity index (χ1) is 6.44. The zero-order valence-electron chi connectivity index (χ0n) is 9.27. The summed E-state index contributed by atoms with van der Waals surface area (Å²) in [6.07, 6.45) is 6.29. The summed E-state index contributed by atoms with van der Waals surface area (Å²) in [5.41, 5.74) is 0. The lowest BCUT2D eigenvalue weighted by atomic mass is 10.2. The van der Waals surface area contributed by atoms with Gasteiger partial charge in [0.2, 0.25) is 0 Å². The molecule has 14 heavy (non-hydrogen) atoms. The van der Waals surface area contributed by atoms with E-state index in [9.17, 15) is 4.57 Å². The number of hydrogen-bond donors (Lipinski definition) is 0. The first kappa shape index (κ1) is 11.7. The van der Waals surface area contributed by atoms with Crippen molar-refractivity contribution in [2.45, 2.75) is 12.5 Å². The van der Waals surface area contributed by atoms with Crippen LogP contribution in [0.15, 0.2) is 0 Å². The fourth-order valence-electron chi connectivity index (χ4n) is 1.83. The van der Waals surface area contributed by atoms with E-state index < -0.39 is 7.59 Å². The monoisotopic (exact) mass is 215 g/mol. The summed E-state index contributed by atoms with van der Waals surface area (Å²) in [7, 11) is 4.78. The molecule has 0 aromatic carbocycles. The van der Waals surface area contributed by atoms with Gasteiger partial charge in [-0.25, -0.2) is 14.0 Å². The van der Waals surface area contributed by atoms with Crippen LogP contribution < -0.4 is 0 Å². The van der Waals surface area contributed by atoms with Crippen molar-refractivity contribution >= 4 is 7.59 Å². The van der Waals surface area contributed by atoms with Gasteiger partial charge in [0.05, 0.1) is 6.04 Å². The normalized spacial score (nSPS) is 35.9. The molecule has 80 valence electrons. The first-order valence-electron chi connectivity index (χ1n) is 4.63. The zero-order chi connectivity index (χ0) is 10.9. The van der Waals surface area contributed by atoms with Crippen LogP contribution in [0.3, 0.4) is 0 Å². The third-order valence-electron chi connectivity index (χ3n) is 2.75. The molecule has 0 aromatic rings. The minimum atomic E-state index is -2.58. The molecular weight excluding hydrogens is 197 g/mol. The summed E-state index contributed by atoms with van der Waals surface area (Å²) in [4.78, 5) is 0. The maximum Gasteiger partial charge on any atom is 0.286 e. The maximum atomic E-state index is 12.6. The van der Waals surface area contributed by atoms with Gasteiger partial charge in [0, 0.05) is 6.54 Å². The molecule has 0 bridgehead atoms. The van der Waals surface area contributed by atoms with E-state index in [0.29, 0.717) is 0 Å². The Morgan fingerprint density at radius 3 is 2.50 bits per heavy atom. The van der Waals surface area contributed by atoms with E-state index in [1.807, 2.05) is 37.5 Å². The summed E-state index contributed by atoms with van der Waals surface area (Å²) in [6, 6.07) is -0.0144. The number of rotatable bonds is 1. The second-order valence-electron chi connectivity index (χ2n) is 3.79. The second-order valence-corrected chi connectivity index (χ2v) is 6.93. The van der Waals surface area contributed by atoms with Crippen molar-refractivity contribution in [1.29, 1.82) is 0 Å². The van der Waals surface area contributed by atoms with Crippen LogP contribution in [0.2, 0.25) is 0 Å². The van der Waals surface area contributed by atoms with Crippen molar-refractivity contribution in [3.63, 3.8) is 0 Å². The molecule has 0 amide bonds. The van der Waals surface area contributed by atoms with Crippen LogP contribution in [0.25, 0.3) is 0 Å². The molecule has 4 nitrogen and oxygen atoms in total. The Morgan fingerprint density at radius 1 is 1.50 bits per heavy atom. The molecule has 1 aliphatic heterocycles. The van der Waals surface area contributed by atoms with Crippen molar-refractivity contribution in [2.75, 3.05) is 34.7 Å². The van der Waals surface area contributed by atoms with Crippen LogP contribution in [0.1, 0.15) is 6.42 Å². The second kappa shape index (κ2) is 4.04. The van der Waals surface area contributed by atoms with E-state index in [1.165, 1.54) is 0 Å². The van der Waals surface area contributed by atoms with Gasteiger partial charge in [-0.1, -0.05) is 5.92 Å². The van der Waals surface area contributed by atoms with Gasteiger partial charge in [-0.05, 0) is 34.6 Å². The molecule has 1 rings (SSSR count). The smallest absolute Gasteiger partial charge is 0.270 e. The Bertz CT molecular complexity index is 297. The van der Waals surface area contributed by atoms with Gasteiger partial charge < -0.3 is 0 Å². The van der Waals surface area contributed by atoms with Crippen molar-refractivity contribution in [1.82, 2.24) is 14.0 Å². The topological polar surface area (TPSA) is 26.8 Å². The van der Waals surface area contributed by atoms with Crippen molar-refractivity contribution < 1.29 is 4.57 Å². The molecule has 1 fully saturated rings. The van der Waals surface area contributed by atoms with E-state index in [1.54, 1.807) is 4.67 Å². The lowest BCUT2D eigenvalue weighted by Gasteiger charge is -2.45. The predicted octanol–water partition coefficient (Wildman–Crippen LogP) is 0.925. The van der Waals surface area contributed by atoms with Crippen molar-refractivity contribution in [2.24, 2.45) is 0 Å². The van der Waals surface area contributed by atoms with Gasteiger partial charge in [-0.3, -0.25) is 4.57 Å². The Morgan fingerprint density at radius 2 is 2.07 bits per heavy atom. The fourth-order valence-corrected chi connectivity index (χ4v) is 4.41. The van der Waals surface area contributed by atoms with Gasteiger partial charge in [0.15, 0.2) is 0 Å². The van der Waals surface area contributed by atoms with Gasteiger partial charge in [-0.2, -0.15) is 0 Å². The highest BCUT2D eigenvalue weighted by Crippen LogP contribution is 2.56. The molecule has 1 saturated heterocycles. The maximum absolute atomic E-state index is 12.6. The average molecular weight is 215 g/mol. The van der Waals surface area contributed by atoms with E-state index >= 15 is 0 Å². The predicted molar refractivity (Wildman–Crippen MR) is 58.9 cm³/mol. The highest BCUT2D eigenvalue weighted by Gasteiger charge is 2.42. The summed E-state index contributed by atoms with van der Waals surface area (Å²) in [5, 5.41) is 0. The molecule has 0 aromatic heterocycles. The highest BCUT2D eigenvalue weighted by molar-refractivity contribution is 7.56. The van der Waals surface area contributed by atoms with Crippen molar-refractivity contribution in [3.05, 3.63) is 0 Å². The van der Waals surface area contributed by atoms with Crippen molar-refractivity contribution in [3.8, 4) is 12.3 Å². The Kier molecular flexibility index (Phi) is 3.39. The summed E-state index contributed by atoms with van der Waals surface area (Å²) in [5.74, 6) is 2.68. The summed E-state index contributed by atoms with van der Waals surface area (Å²) >= 11 is 0. The van der Waals surface area contributed by atoms with Gasteiger partial charge in [0.1, 0.15) is 0 Å². The van der Waals surface area contributed by atoms with Crippen LogP contribution >= 0.6 is 7.59 Å². The number of nitrogens with zero attached hydrogens (tertiary/aromatic N) is 3. The van der Waals surface area contributed by atoms with Crippen LogP contribution in [-0.4, -0.2) is 54.8 Å². The molecule has 0 radical (unpaired) electrons. The van der Waals surface area contributed by atoms with Gasteiger partial charge >= 0.3 is 0 Å². The molecule has 1 aliphatic rings. The lowest BCUT2D eigenvalue weighted by Crippen LogP contribution is -2.45. The van der Waals surface area contributed by atoms with Crippen LogP contribution in [0, 0.1) is 12.3 Å². The van der Waals surface area contributed by atoms with Crippen LogP contribution in [0.5, 0.6) is 0 Å². The van der Waals surface area contributed by atoms with E-state index in [0.717, 1.165) is 13.0 Å². The van der Waals surface area contributed by atoms with E-state index in [4.69, 9.17) is 6.42 Å². The number of hydrogen-bond acceptors (Lipinski definition) is 1. The molecule has 0 N–H and O–H groups in total. The van der Waals surface area contributed by atoms with E-state index in [2.05, 4.69) is 5.92 Å². The van der Waals surface area contributed by atoms with E-state index in [-0.39, 0.29) is 6.04 Å². The SMILES string of the molecule is C#CC1CCN(C)P(=O)(N(C)C)N1C. The highest BCUT2D eigenvalue weighted by atomic mass is 31.2. The van der Waals surface area contributed by atoms with Crippen LogP contribution in [-0.2, 0) is 4.57 Å². The standard InChI is InChI=1S/C9H18N3OP/c1-6-9-7-8-11(4)14(13,10(2)3)12(9)5/h1,9H,7-8H2,2-5H3. The Hall–Kier alpha value is -0.330. The average Bonchev–Trinajstić information content (AvgIpc) is 2.14. The Balaban J connectivity index is 3.02. The van der Waals surface area contributed by atoms with Gasteiger partial charge in [0.25, 0.3) is 7.59 Å². The largest absolute Gasteiger partial charge is 0.286 e. The summed E-state index contributed by atoms with van der Waals surface area (Å²) in [6.45, 7) is 0.786. The van der Waals surface area contributed by atoms with Crippen LogP contribution in [0.4, 0.5) is 0 Å². The molecule has 1 heterocycles. The van der Waals surface area contributed by atoms with Gasteiger partial charge in [-0.15, -0.1) is 6.42 Å². The molecular formula is C9H18N3OP. The molecule has 2 unspecified atom stereocenters. The minimum Gasteiger partial charge on any atom is -0.270 e. The molecule has 0 saturated carbocycles. The zero-order valence-corrected chi connectivity index (χ0v) is 10.2. The first-order valence-corrected chi connectivity index (χ1v) is 6.20. The third-order valence-corrected chi connectivity index (χ3v) is 5.98. The third kappa shape index (κ3) is 1.62. The number of terminal acetylenes is 1. The summed E-state index contributed by atoms with van der Waals surface area (Å²) < 4.78 is 18.1. The fraction of sp³-hybridized carbons (Fsp3) is 0.778.